The van der Waals surface area contributed by atoms with Gasteiger partial charge in [-0.25, -0.2) is 0 Å². The van der Waals surface area contributed by atoms with Gasteiger partial charge in [0.1, 0.15) is 0 Å². The van der Waals surface area contributed by atoms with Crippen molar-refractivity contribution < 1.29 is 0 Å². The highest BCUT2D eigenvalue weighted by Crippen LogP contribution is 2.17. The molecule has 4 nitrogen and oxygen atoms in total. The molecule has 0 aliphatic carbocycles. The van der Waals surface area contributed by atoms with Gasteiger partial charge in [-0.15, -0.1) is 24.0 Å². The molecule has 0 spiro atoms. The van der Waals surface area contributed by atoms with E-state index in [1.165, 1.54) is 50.2 Å². The number of likely N-dealkylation sites (tertiary alicyclic amines) is 1. The van der Waals surface area contributed by atoms with Gasteiger partial charge in [0.2, 0.25) is 0 Å². The maximum absolute atomic E-state index is 4.38. The lowest BCUT2D eigenvalue weighted by Gasteiger charge is -2.35. The van der Waals surface area contributed by atoms with Crippen molar-refractivity contribution in [1.29, 1.82) is 0 Å². The van der Waals surface area contributed by atoms with Crippen LogP contribution in [0.3, 0.4) is 0 Å². The average Bonchev–Trinajstić information content (AvgIpc) is 2.52. The van der Waals surface area contributed by atoms with Crippen LogP contribution in [0, 0.1) is 0 Å². The summed E-state index contributed by atoms with van der Waals surface area (Å²) in [6.45, 7) is 5.71. The van der Waals surface area contributed by atoms with Crippen LogP contribution < -0.4 is 10.6 Å². The normalized spacial score (nSPS) is 27.8. The van der Waals surface area contributed by atoms with Gasteiger partial charge < -0.3 is 10.6 Å². The second kappa shape index (κ2) is 10.9. The second-order valence-corrected chi connectivity index (χ2v) is 6.94. The molecule has 2 unspecified atom stereocenters. The van der Waals surface area contributed by atoms with Crippen LogP contribution >= 0.6 is 35.7 Å². The number of hydrogen-bond donors (Lipinski definition) is 2. The summed E-state index contributed by atoms with van der Waals surface area (Å²) in [5.74, 6) is 3.52. The molecule has 0 bridgehead atoms. The molecule has 2 saturated heterocycles. The molecule has 0 radical (unpaired) electrons. The summed E-state index contributed by atoms with van der Waals surface area (Å²) in [6.07, 6.45) is 6.64. The number of halogens is 1. The molecule has 0 saturated carbocycles. The molecule has 21 heavy (non-hydrogen) atoms. The monoisotopic (exact) mass is 426 g/mol. The molecule has 2 fully saturated rings. The molecule has 0 aromatic heterocycles. The molecule has 2 aliphatic heterocycles. The van der Waals surface area contributed by atoms with Crippen LogP contribution in [0.2, 0.25) is 0 Å². The Bertz CT molecular complexity index is 308. The number of guanidine groups is 1. The Morgan fingerprint density at radius 2 is 2.14 bits per heavy atom. The van der Waals surface area contributed by atoms with Crippen molar-refractivity contribution in [2.24, 2.45) is 4.99 Å². The average molecular weight is 426 g/mol. The minimum atomic E-state index is 0. The zero-order chi connectivity index (χ0) is 14.2. The molecule has 6 heteroatoms. The lowest BCUT2D eigenvalue weighted by Crippen LogP contribution is -2.51. The predicted octanol–water partition coefficient (Wildman–Crippen LogP) is 2.54. The van der Waals surface area contributed by atoms with Gasteiger partial charge in [-0.05, 0) is 44.5 Å². The Kier molecular flexibility index (Phi) is 10.1. The zero-order valence-electron chi connectivity index (χ0n) is 13.4. The Labute approximate surface area is 151 Å². The predicted molar refractivity (Wildman–Crippen MR) is 105 cm³/mol. The molecule has 124 valence electrons. The first kappa shape index (κ1) is 19.4. The number of rotatable bonds is 4. The lowest BCUT2D eigenvalue weighted by atomic mass is 10.0. The van der Waals surface area contributed by atoms with E-state index in [1.54, 1.807) is 0 Å². The van der Waals surface area contributed by atoms with Crippen molar-refractivity contribution in [3.05, 3.63) is 0 Å². The highest BCUT2D eigenvalue weighted by atomic mass is 127. The van der Waals surface area contributed by atoms with Crippen LogP contribution in [0.5, 0.6) is 0 Å². The number of likely N-dealkylation sites (N-methyl/N-ethyl adjacent to an activating group) is 1. The van der Waals surface area contributed by atoms with Crippen LogP contribution in [-0.4, -0.2) is 61.1 Å². The quantitative estimate of drug-likeness (QED) is 0.412. The van der Waals surface area contributed by atoms with Crippen molar-refractivity contribution in [3.63, 3.8) is 0 Å². The molecule has 2 atom stereocenters. The Hall–Kier alpha value is 0.310. The van der Waals surface area contributed by atoms with Gasteiger partial charge in [0.25, 0.3) is 0 Å². The summed E-state index contributed by atoms with van der Waals surface area (Å²) in [4.78, 5) is 6.98. The highest BCUT2D eigenvalue weighted by molar-refractivity contribution is 14.0. The number of hydrogen-bond acceptors (Lipinski definition) is 3. The topological polar surface area (TPSA) is 39.7 Å². The maximum atomic E-state index is 4.38. The first-order valence-corrected chi connectivity index (χ1v) is 9.28. The molecule has 2 rings (SSSR count). The van der Waals surface area contributed by atoms with E-state index in [4.69, 9.17) is 0 Å². The van der Waals surface area contributed by atoms with Gasteiger partial charge in [-0.1, -0.05) is 13.3 Å². The van der Waals surface area contributed by atoms with Crippen molar-refractivity contribution in [2.75, 3.05) is 38.2 Å². The Morgan fingerprint density at radius 1 is 1.29 bits per heavy atom. The highest BCUT2D eigenvalue weighted by Gasteiger charge is 2.21. The van der Waals surface area contributed by atoms with Gasteiger partial charge in [-0.2, -0.15) is 11.8 Å². The van der Waals surface area contributed by atoms with Crippen LogP contribution in [0.1, 0.15) is 39.0 Å². The summed E-state index contributed by atoms with van der Waals surface area (Å²) in [7, 11) is 1.88. The van der Waals surface area contributed by atoms with Crippen molar-refractivity contribution in [2.45, 2.75) is 51.1 Å². The molecule has 0 amide bonds. The minimum absolute atomic E-state index is 0. The van der Waals surface area contributed by atoms with Crippen molar-refractivity contribution >= 4 is 41.7 Å². The Balaban J connectivity index is 0.00000220. The third-order valence-electron chi connectivity index (χ3n) is 4.39. The molecular formula is C15H31IN4S. The van der Waals surface area contributed by atoms with E-state index in [9.17, 15) is 0 Å². The van der Waals surface area contributed by atoms with Crippen LogP contribution in [0.25, 0.3) is 0 Å². The summed E-state index contributed by atoms with van der Waals surface area (Å²) < 4.78 is 0. The van der Waals surface area contributed by atoms with E-state index in [2.05, 4.69) is 39.2 Å². The fourth-order valence-electron chi connectivity index (χ4n) is 3.16. The van der Waals surface area contributed by atoms with Gasteiger partial charge in [0, 0.05) is 31.4 Å². The first-order chi connectivity index (χ1) is 9.83. The number of nitrogens with zero attached hydrogens (tertiary/aromatic N) is 2. The minimum Gasteiger partial charge on any atom is -0.355 e. The van der Waals surface area contributed by atoms with Crippen molar-refractivity contribution in [3.8, 4) is 0 Å². The summed E-state index contributed by atoms with van der Waals surface area (Å²) >= 11 is 2.05. The van der Waals surface area contributed by atoms with Gasteiger partial charge in [0.05, 0.1) is 0 Å². The fourth-order valence-corrected chi connectivity index (χ4v) is 4.24. The second-order valence-electron chi connectivity index (χ2n) is 5.79. The van der Waals surface area contributed by atoms with Gasteiger partial charge >= 0.3 is 0 Å². The van der Waals surface area contributed by atoms with E-state index in [-0.39, 0.29) is 24.0 Å². The Morgan fingerprint density at radius 3 is 2.81 bits per heavy atom. The smallest absolute Gasteiger partial charge is 0.191 e. The van der Waals surface area contributed by atoms with E-state index < -0.39 is 0 Å². The van der Waals surface area contributed by atoms with E-state index in [0.717, 1.165) is 19.0 Å². The van der Waals surface area contributed by atoms with E-state index in [0.29, 0.717) is 12.1 Å². The van der Waals surface area contributed by atoms with Crippen LogP contribution in [0.4, 0.5) is 0 Å². The number of thioether (sulfide) groups is 1. The van der Waals surface area contributed by atoms with E-state index in [1.807, 2.05) is 7.05 Å². The van der Waals surface area contributed by atoms with Crippen molar-refractivity contribution in [1.82, 2.24) is 15.5 Å². The van der Waals surface area contributed by atoms with E-state index >= 15 is 0 Å². The SMILES string of the molecule is CCN1CCCCC1CNC(=NC)NC1CCCSC1.I. The van der Waals surface area contributed by atoms with Gasteiger partial charge in [-0.3, -0.25) is 9.89 Å². The lowest BCUT2D eigenvalue weighted by molar-refractivity contribution is 0.157. The summed E-state index contributed by atoms with van der Waals surface area (Å²) in [5.41, 5.74) is 0. The number of aliphatic imine (C=N–C) groups is 1. The third kappa shape index (κ3) is 6.52. The molecular weight excluding hydrogens is 395 g/mol. The molecule has 2 aliphatic rings. The first-order valence-electron chi connectivity index (χ1n) is 8.12. The fraction of sp³-hybridized carbons (Fsp3) is 0.933. The van der Waals surface area contributed by atoms with Crippen LogP contribution in [0.15, 0.2) is 4.99 Å². The molecule has 2 N–H and O–H groups in total. The molecule has 0 aromatic carbocycles. The van der Waals surface area contributed by atoms with Crippen LogP contribution in [-0.2, 0) is 0 Å². The standard InChI is InChI=1S/C15H30N4S.HI/c1-3-19-9-5-4-8-14(19)11-17-15(16-2)18-13-7-6-10-20-12-13;/h13-14H,3-12H2,1-2H3,(H2,16,17,18);1H. The largest absolute Gasteiger partial charge is 0.355 e. The number of nitrogens with one attached hydrogen (secondary N) is 2. The molecule has 2 heterocycles. The van der Waals surface area contributed by atoms with Gasteiger partial charge in [0.15, 0.2) is 5.96 Å². The maximum Gasteiger partial charge on any atom is 0.191 e. The number of piperidine rings is 1. The molecule has 0 aromatic rings. The zero-order valence-corrected chi connectivity index (χ0v) is 16.6. The summed E-state index contributed by atoms with van der Waals surface area (Å²) in [5, 5.41) is 7.12. The third-order valence-corrected chi connectivity index (χ3v) is 5.60. The summed E-state index contributed by atoms with van der Waals surface area (Å²) in [6, 6.07) is 1.27.